The predicted octanol–water partition coefficient (Wildman–Crippen LogP) is -1.38. The summed E-state index contributed by atoms with van der Waals surface area (Å²) in [5.74, 6) is 0. The zero-order chi connectivity index (χ0) is 25.6. The number of rotatable bonds is 9. The predicted molar refractivity (Wildman–Crippen MR) is 101 cm³/mol. The molecule has 1 aromatic rings. The minimum Gasteiger partial charge on any atom is -0.387 e. The number of halogens is 1. The third-order valence-electron chi connectivity index (χ3n) is 4.27. The molecule has 2 heterocycles. The third kappa shape index (κ3) is 6.52. The highest BCUT2D eigenvalue weighted by Crippen LogP contribution is 2.67. The Morgan fingerprint density at radius 1 is 1.18 bits per heavy atom. The number of aromatic amines is 1. The number of ether oxygens (including phenoxy) is 1. The van der Waals surface area contributed by atoms with Crippen LogP contribution < -0.4 is 11.2 Å². The van der Waals surface area contributed by atoms with Gasteiger partial charge in [-0.1, -0.05) is 0 Å². The van der Waals surface area contributed by atoms with E-state index in [2.05, 4.69) is 13.1 Å². The molecule has 7 N–H and O–H groups in total. The van der Waals surface area contributed by atoms with Gasteiger partial charge in [-0.3, -0.25) is 18.9 Å². The number of phosphoric ester groups is 1. The second-order valence-electron chi connectivity index (χ2n) is 7.28. The average molecular weight is 544 g/mol. The number of nitrogens with zero attached hydrogens (tertiary/aromatic N) is 1. The molecule has 0 spiro atoms. The van der Waals surface area contributed by atoms with E-state index in [4.69, 9.17) is 14.5 Å². The summed E-state index contributed by atoms with van der Waals surface area (Å²) in [6, 6.07) is 0.820. The maximum absolute atomic E-state index is 13.8. The normalized spacial score (nSPS) is 30.0. The lowest BCUT2D eigenvalue weighted by atomic mass is 9.88. The van der Waals surface area contributed by atoms with Crippen LogP contribution in [-0.2, 0) is 31.6 Å². The molecule has 1 saturated heterocycles. The summed E-state index contributed by atoms with van der Waals surface area (Å²) >= 11 is 0. The first-order valence-electron chi connectivity index (χ1n) is 8.51. The Morgan fingerprint density at radius 2 is 1.76 bits per heavy atom. The van der Waals surface area contributed by atoms with Crippen molar-refractivity contribution < 1.29 is 65.8 Å². The Morgan fingerprint density at radius 3 is 2.24 bits per heavy atom. The molecule has 2 rings (SSSR count). The van der Waals surface area contributed by atoms with Crippen molar-refractivity contribution in [3.63, 3.8) is 0 Å². The number of aliphatic hydroxyl groups excluding tert-OH is 1. The molecule has 17 nitrogen and oxygen atoms in total. The average Bonchev–Trinajstić information content (AvgIpc) is 2.83. The van der Waals surface area contributed by atoms with E-state index in [0.717, 1.165) is 26.1 Å². The van der Waals surface area contributed by atoms with Crippen LogP contribution in [0.2, 0.25) is 0 Å². The summed E-state index contributed by atoms with van der Waals surface area (Å²) in [6.45, 7) is 0.137. The Labute approximate surface area is 182 Å². The number of H-pyrrole nitrogens is 1. The first-order valence-corrected chi connectivity index (χ1v) is 13.0. The molecule has 0 bridgehead atoms. The van der Waals surface area contributed by atoms with Crippen LogP contribution in [0, 0.1) is 0 Å². The fourth-order valence-corrected chi connectivity index (χ4v) is 6.33. The number of aliphatic hydroxyl groups is 2. The number of phosphoric acid groups is 3. The maximum Gasteiger partial charge on any atom is 0.490 e. The lowest BCUT2D eigenvalue weighted by Gasteiger charge is -2.34. The molecular weight excluding hydrogens is 524 g/mol. The summed E-state index contributed by atoms with van der Waals surface area (Å²) in [5.41, 5.74) is -7.13. The van der Waals surface area contributed by atoms with Crippen molar-refractivity contribution in [3.8, 4) is 0 Å². The molecule has 1 aromatic heterocycles. The van der Waals surface area contributed by atoms with Crippen molar-refractivity contribution in [2.75, 3.05) is 6.67 Å². The molecule has 1 aliphatic rings. The number of hydrogen-bond acceptors (Lipinski definition) is 11. The summed E-state index contributed by atoms with van der Waals surface area (Å²) in [7, 11) is -17.2. The van der Waals surface area contributed by atoms with Gasteiger partial charge in [0.05, 0.1) is 0 Å². The first kappa shape index (κ1) is 28.1. The smallest absolute Gasteiger partial charge is 0.387 e. The lowest BCUT2D eigenvalue weighted by Crippen LogP contribution is -2.53. The van der Waals surface area contributed by atoms with Gasteiger partial charge in [-0.05, 0) is 13.8 Å². The zero-order valence-electron chi connectivity index (χ0n) is 16.6. The monoisotopic (exact) mass is 544 g/mol. The minimum atomic E-state index is -5.86. The summed E-state index contributed by atoms with van der Waals surface area (Å²) in [6.07, 6.45) is -5.35. The zero-order valence-corrected chi connectivity index (χ0v) is 19.3. The Kier molecular flexibility index (Phi) is 7.82. The summed E-state index contributed by atoms with van der Waals surface area (Å²) in [4.78, 5) is 61.2. The van der Waals surface area contributed by atoms with E-state index in [1.165, 1.54) is 0 Å². The Bertz CT molecular complexity index is 1150. The van der Waals surface area contributed by atoms with Gasteiger partial charge in [0.15, 0.2) is 11.8 Å². The molecule has 1 fully saturated rings. The van der Waals surface area contributed by atoms with Gasteiger partial charge in [0, 0.05) is 12.3 Å². The van der Waals surface area contributed by atoms with E-state index in [0.29, 0.717) is 4.57 Å². The summed E-state index contributed by atoms with van der Waals surface area (Å²) < 4.78 is 65.7. The van der Waals surface area contributed by atoms with Gasteiger partial charge in [-0.15, -0.1) is 0 Å². The van der Waals surface area contributed by atoms with Crippen LogP contribution in [0.5, 0.6) is 0 Å². The molecule has 0 aromatic carbocycles. The molecule has 1 aliphatic heterocycles. The second-order valence-corrected chi connectivity index (χ2v) is 11.6. The van der Waals surface area contributed by atoms with Gasteiger partial charge in [0.2, 0.25) is 0 Å². The number of aromatic nitrogens is 2. The van der Waals surface area contributed by atoms with Crippen molar-refractivity contribution in [3.05, 3.63) is 33.1 Å². The lowest BCUT2D eigenvalue weighted by molar-refractivity contribution is -0.129. The van der Waals surface area contributed by atoms with Crippen molar-refractivity contribution in [2.45, 2.75) is 43.5 Å². The van der Waals surface area contributed by atoms with Crippen molar-refractivity contribution in [1.82, 2.24) is 9.55 Å². The third-order valence-corrected chi connectivity index (χ3v) is 8.30. The number of alkyl halides is 1. The van der Waals surface area contributed by atoms with Crippen LogP contribution in [0.3, 0.4) is 0 Å². The van der Waals surface area contributed by atoms with Crippen LogP contribution in [0.25, 0.3) is 0 Å². The molecule has 6 atom stereocenters. The van der Waals surface area contributed by atoms with E-state index < -0.39 is 71.0 Å². The molecule has 0 radical (unpaired) electrons. The highest BCUT2D eigenvalue weighted by atomic mass is 31.3. The van der Waals surface area contributed by atoms with Crippen LogP contribution in [0.15, 0.2) is 21.9 Å². The van der Waals surface area contributed by atoms with Gasteiger partial charge in [0.25, 0.3) is 5.56 Å². The van der Waals surface area contributed by atoms with Crippen LogP contribution in [-0.4, -0.2) is 69.4 Å². The van der Waals surface area contributed by atoms with Gasteiger partial charge in [-0.2, -0.15) is 8.62 Å². The highest BCUT2D eigenvalue weighted by Gasteiger charge is 2.62. The van der Waals surface area contributed by atoms with Crippen molar-refractivity contribution in [2.24, 2.45) is 0 Å². The molecule has 190 valence electrons. The largest absolute Gasteiger partial charge is 0.490 e. The molecule has 4 unspecified atom stereocenters. The van der Waals surface area contributed by atoms with E-state index in [-0.39, 0.29) is 0 Å². The van der Waals surface area contributed by atoms with E-state index in [1.807, 2.05) is 4.98 Å². The molecule has 21 heteroatoms. The standard InChI is InChI=1S/C12H20FN2O15P3/c1-11(2,28-32(23,24)30-33(25,26)29-31(20,21)22)8-7(17)12(19,5-13)9(27-8)15-4-3-6(16)14-10(15)18/h3-4,7-9,17,19H,5H2,1-2H3,(H,23,24)(H,25,26)(H,14,16,18)(H2,20,21,22)/t7-,8?,9+,12?/m0/s1. The maximum atomic E-state index is 13.8. The van der Waals surface area contributed by atoms with Gasteiger partial charge >= 0.3 is 29.2 Å². The van der Waals surface area contributed by atoms with Gasteiger partial charge in [0.1, 0.15) is 24.5 Å². The topological polar surface area (TPSA) is 264 Å². The molecule has 0 aliphatic carbocycles. The second kappa shape index (κ2) is 9.17. The summed E-state index contributed by atoms with van der Waals surface area (Å²) in [5, 5.41) is 21.1. The van der Waals surface area contributed by atoms with Crippen LogP contribution in [0.1, 0.15) is 20.1 Å². The fraction of sp³-hybridized carbons (Fsp3) is 0.667. The van der Waals surface area contributed by atoms with Gasteiger partial charge in [-0.25, -0.2) is 22.9 Å². The minimum absolute atomic E-state index is 0.519. The Hall–Kier alpha value is -1.10. The van der Waals surface area contributed by atoms with Crippen LogP contribution >= 0.6 is 23.5 Å². The highest BCUT2D eigenvalue weighted by molar-refractivity contribution is 7.66. The van der Waals surface area contributed by atoms with Gasteiger partial charge < -0.3 is 34.5 Å². The van der Waals surface area contributed by atoms with E-state index in [1.54, 1.807) is 0 Å². The molecular formula is C12H20FN2O15P3. The molecule has 33 heavy (non-hydrogen) atoms. The fourth-order valence-electron chi connectivity index (χ4n) is 2.99. The van der Waals surface area contributed by atoms with Crippen molar-refractivity contribution in [1.29, 1.82) is 0 Å². The molecule has 0 saturated carbocycles. The van der Waals surface area contributed by atoms with Crippen molar-refractivity contribution >= 4 is 23.5 Å². The quantitative estimate of drug-likeness (QED) is 0.177. The van der Waals surface area contributed by atoms with E-state index >= 15 is 0 Å². The molecule has 0 amide bonds. The first-order chi connectivity index (χ1) is 14.7. The van der Waals surface area contributed by atoms with E-state index in [9.17, 15) is 47.7 Å². The Balaban J connectivity index is 2.35. The van der Waals surface area contributed by atoms with Crippen LogP contribution in [0.4, 0.5) is 4.39 Å². The number of nitrogens with one attached hydrogen (secondary N) is 1. The number of hydrogen-bond donors (Lipinski definition) is 7. The SMILES string of the molecule is CC(C)(OP(=O)(O)OP(=O)(O)OP(=O)(O)O)C1O[C@@H](n2ccc(=O)[nH]c2=O)C(O)(CF)[C@H]1O.